The summed E-state index contributed by atoms with van der Waals surface area (Å²) in [6.07, 6.45) is 0.945. The molecule has 20 heavy (non-hydrogen) atoms. The summed E-state index contributed by atoms with van der Waals surface area (Å²) in [6, 6.07) is 0. The molecule has 0 bridgehead atoms. The van der Waals surface area contributed by atoms with Crippen LogP contribution in [0.2, 0.25) is 0 Å². The summed E-state index contributed by atoms with van der Waals surface area (Å²) in [4.78, 5) is 19.5. The second kappa shape index (κ2) is 19.6. The van der Waals surface area contributed by atoms with E-state index < -0.39 is 18.2 Å². The van der Waals surface area contributed by atoms with E-state index in [4.69, 9.17) is 15.3 Å². The van der Waals surface area contributed by atoms with Gasteiger partial charge in [0.05, 0.1) is 13.2 Å². The normalized spacial score (nSPS) is 9.80. The van der Waals surface area contributed by atoms with Crippen molar-refractivity contribution in [1.29, 1.82) is 0 Å². The monoisotopic (exact) mass is 294 g/mol. The quantitative estimate of drug-likeness (QED) is 0.250. The molecule has 0 aromatic rings. The molecule has 0 saturated carbocycles. The fourth-order valence-electron chi connectivity index (χ4n) is 0.359. The first-order valence-corrected chi connectivity index (χ1v) is 5.34. The molecule has 118 valence electrons. The SMILES string of the molecule is C=CC(=O)O.C=CC(=O)OCCOC.COC(O)CO. The molecular formula is C12H22O8. The molecule has 3 N–H and O–H groups in total. The van der Waals surface area contributed by atoms with Crippen LogP contribution in [0, 0.1) is 0 Å². The van der Waals surface area contributed by atoms with Crippen molar-refractivity contribution in [2.24, 2.45) is 0 Å². The van der Waals surface area contributed by atoms with Gasteiger partial charge in [0.1, 0.15) is 6.61 Å². The van der Waals surface area contributed by atoms with Crippen LogP contribution in [0.3, 0.4) is 0 Å². The molecule has 0 amide bonds. The molecule has 8 nitrogen and oxygen atoms in total. The Balaban J connectivity index is -0.000000230. The van der Waals surface area contributed by atoms with Crippen LogP contribution in [0.25, 0.3) is 0 Å². The van der Waals surface area contributed by atoms with Gasteiger partial charge in [0.2, 0.25) is 0 Å². The summed E-state index contributed by atoms with van der Waals surface area (Å²) in [5.41, 5.74) is 0. The molecule has 0 aliphatic rings. The van der Waals surface area contributed by atoms with Crippen molar-refractivity contribution in [2.75, 3.05) is 34.0 Å². The summed E-state index contributed by atoms with van der Waals surface area (Å²) in [6.45, 7) is 6.57. The second-order valence-corrected chi connectivity index (χ2v) is 2.78. The fraction of sp³-hybridized carbons (Fsp3) is 0.500. The van der Waals surface area contributed by atoms with E-state index in [1.165, 1.54) is 7.11 Å². The highest BCUT2D eigenvalue weighted by atomic mass is 16.6. The average molecular weight is 294 g/mol. The summed E-state index contributed by atoms with van der Waals surface area (Å²) in [7, 11) is 2.86. The number of carboxylic acids is 1. The van der Waals surface area contributed by atoms with Crippen molar-refractivity contribution in [1.82, 2.24) is 0 Å². The van der Waals surface area contributed by atoms with Crippen LogP contribution >= 0.6 is 0 Å². The van der Waals surface area contributed by atoms with E-state index in [1.807, 2.05) is 0 Å². The number of carbonyl (C=O) groups excluding carboxylic acids is 1. The molecule has 1 atom stereocenters. The molecule has 0 aliphatic carbocycles. The fourth-order valence-corrected chi connectivity index (χ4v) is 0.359. The summed E-state index contributed by atoms with van der Waals surface area (Å²) >= 11 is 0. The summed E-state index contributed by atoms with van der Waals surface area (Å²) in [5, 5.41) is 23.8. The van der Waals surface area contributed by atoms with Gasteiger partial charge in [-0.3, -0.25) is 0 Å². The van der Waals surface area contributed by atoms with Crippen LogP contribution < -0.4 is 0 Å². The van der Waals surface area contributed by atoms with Gasteiger partial charge in [-0.2, -0.15) is 0 Å². The maximum atomic E-state index is 10.3. The lowest BCUT2D eigenvalue weighted by atomic mass is 10.6. The van der Waals surface area contributed by atoms with E-state index in [-0.39, 0.29) is 6.61 Å². The van der Waals surface area contributed by atoms with Crippen molar-refractivity contribution in [3.63, 3.8) is 0 Å². The number of aliphatic carboxylic acids is 1. The first kappa shape index (κ1) is 23.4. The number of hydrogen-bond acceptors (Lipinski definition) is 7. The van der Waals surface area contributed by atoms with Crippen LogP contribution in [0.5, 0.6) is 0 Å². The second-order valence-electron chi connectivity index (χ2n) is 2.78. The lowest BCUT2D eigenvalue weighted by molar-refractivity contribution is -0.139. The van der Waals surface area contributed by atoms with E-state index in [0.717, 1.165) is 12.2 Å². The largest absolute Gasteiger partial charge is 0.478 e. The molecule has 0 spiro atoms. The standard InChI is InChI=1S/C6H10O3.C3H8O3.C3H4O2/c1-3-6(7)9-5-4-8-2;1-6-3(5)2-4;1-2-3(4)5/h3H,1,4-5H2,2H3;3-5H,2H2,1H3;2H,1H2,(H,4,5). The van der Waals surface area contributed by atoms with Crippen molar-refractivity contribution in [3.05, 3.63) is 25.3 Å². The lowest BCUT2D eigenvalue weighted by Gasteiger charge is -1.99. The molecule has 0 heterocycles. The van der Waals surface area contributed by atoms with Gasteiger partial charge in [-0.15, -0.1) is 0 Å². The van der Waals surface area contributed by atoms with Gasteiger partial charge in [-0.1, -0.05) is 13.2 Å². The van der Waals surface area contributed by atoms with E-state index >= 15 is 0 Å². The maximum absolute atomic E-state index is 10.3. The summed E-state index contributed by atoms with van der Waals surface area (Å²) < 4.78 is 13.4. The van der Waals surface area contributed by atoms with Gasteiger partial charge in [0.15, 0.2) is 6.29 Å². The number of rotatable bonds is 7. The highest BCUT2D eigenvalue weighted by Gasteiger charge is 1.92. The Morgan fingerprint density at radius 2 is 1.70 bits per heavy atom. The van der Waals surface area contributed by atoms with Crippen LogP contribution in [0.1, 0.15) is 0 Å². The zero-order valence-corrected chi connectivity index (χ0v) is 11.7. The van der Waals surface area contributed by atoms with Gasteiger partial charge in [-0.05, 0) is 0 Å². The molecule has 0 aromatic carbocycles. The highest BCUT2D eigenvalue weighted by molar-refractivity contribution is 5.81. The number of ether oxygens (including phenoxy) is 3. The number of carboxylic acid groups (broad SMARTS) is 1. The summed E-state index contributed by atoms with van der Waals surface area (Å²) in [5.74, 6) is -1.39. The van der Waals surface area contributed by atoms with Crippen molar-refractivity contribution in [3.8, 4) is 0 Å². The third kappa shape index (κ3) is 29.9. The molecule has 0 fully saturated rings. The number of carbonyl (C=O) groups is 2. The molecule has 0 rings (SSSR count). The van der Waals surface area contributed by atoms with E-state index in [0.29, 0.717) is 13.2 Å². The molecule has 0 saturated heterocycles. The smallest absolute Gasteiger partial charge is 0.330 e. The lowest BCUT2D eigenvalue weighted by Crippen LogP contribution is -2.12. The van der Waals surface area contributed by atoms with E-state index in [2.05, 4.69) is 27.4 Å². The van der Waals surface area contributed by atoms with Gasteiger partial charge in [0, 0.05) is 26.4 Å². The number of esters is 1. The minimum atomic E-state index is -1.01. The first-order valence-electron chi connectivity index (χ1n) is 5.34. The van der Waals surface area contributed by atoms with Crippen LogP contribution in [0.15, 0.2) is 25.3 Å². The predicted octanol–water partition coefficient (Wildman–Crippen LogP) is -0.437. The Bertz CT molecular complexity index is 260. The van der Waals surface area contributed by atoms with Gasteiger partial charge >= 0.3 is 11.9 Å². The molecule has 1 unspecified atom stereocenters. The van der Waals surface area contributed by atoms with Crippen LogP contribution in [0.4, 0.5) is 0 Å². The molecular weight excluding hydrogens is 272 g/mol. The molecule has 0 radical (unpaired) electrons. The Labute approximate surface area is 117 Å². The topological polar surface area (TPSA) is 123 Å². The number of methoxy groups -OCH3 is 2. The molecule has 8 heteroatoms. The van der Waals surface area contributed by atoms with Crippen molar-refractivity contribution in [2.45, 2.75) is 6.29 Å². The third-order valence-electron chi connectivity index (χ3n) is 1.30. The average Bonchev–Trinajstić information content (AvgIpc) is 2.47. The minimum Gasteiger partial charge on any atom is -0.478 e. The molecule has 0 aliphatic heterocycles. The Morgan fingerprint density at radius 1 is 1.20 bits per heavy atom. The zero-order valence-electron chi connectivity index (χ0n) is 11.7. The van der Waals surface area contributed by atoms with Gasteiger partial charge < -0.3 is 29.5 Å². The number of hydrogen-bond donors (Lipinski definition) is 3. The van der Waals surface area contributed by atoms with Crippen molar-refractivity contribution >= 4 is 11.9 Å². The Hall–Kier alpha value is -1.74. The Morgan fingerprint density at radius 3 is 1.90 bits per heavy atom. The minimum absolute atomic E-state index is 0.293. The van der Waals surface area contributed by atoms with E-state index in [1.54, 1.807) is 7.11 Å². The maximum Gasteiger partial charge on any atom is 0.330 e. The van der Waals surface area contributed by atoms with Crippen LogP contribution in [-0.4, -0.2) is 67.6 Å². The van der Waals surface area contributed by atoms with Gasteiger partial charge in [-0.25, -0.2) is 9.59 Å². The number of aliphatic hydroxyl groups is 2. The highest BCUT2D eigenvalue weighted by Crippen LogP contribution is 1.78. The molecule has 0 aromatic heterocycles. The number of aliphatic hydroxyl groups excluding tert-OH is 2. The van der Waals surface area contributed by atoms with Crippen molar-refractivity contribution < 1.29 is 39.1 Å². The Kier molecular flexibility index (Phi) is 22.9. The zero-order chi connectivity index (χ0) is 16.4. The third-order valence-corrected chi connectivity index (χ3v) is 1.30. The van der Waals surface area contributed by atoms with E-state index in [9.17, 15) is 9.59 Å². The predicted molar refractivity (Wildman–Crippen MR) is 71.0 cm³/mol. The van der Waals surface area contributed by atoms with Crippen LogP contribution in [-0.2, 0) is 23.8 Å². The van der Waals surface area contributed by atoms with Gasteiger partial charge in [0.25, 0.3) is 0 Å². The first-order chi connectivity index (χ1) is 9.39.